The summed E-state index contributed by atoms with van der Waals surface area (Å²) in [5.41, 5.74) is 0.840. The van der Waals surface area contributed by atoms with Crippen molar-refractivity contribution in [3.05, 3.63) is 64.2 Å². The molecule has 33 heavy (non-hydrogen) atoms. The molecule has 3 aromatic rings. The third kappa shape index (κ3) is 3.89. The van der Waals surface area contributed by atoms with Gasteiger partial charge in [-0.1, -0.05) is 17.4 Å². The van der Waals surface area contributed by atoms with E-state index in [-0.39, 0.29) is 16.5 Å². The predicted molar refractivity (Wildman–Crippen MR) is 122 cm³/mol. The van der Waals surface area contributed by atoms with Gasteiger partial charge in [0.25, 0.3) is 5.78 Å². The lowest BCUT2D eigenvalue weighted by atomic mass is 9.95. The van der Waals surface area contributed by atoms with Crippen LogP contribution in [0.3, 0.4) is 0 Å². The Kier molecular flexibility index (Phi) is 6.01. The Morgan fingerprint density at radius 3 is 2.24 bits per heavy atom. The number of aliphatic hydroxyl groups excluding tert-OH is 1. The Morgan fingerprint density at radius 1 is 0.970 bits per heavy atom. The van der Waals surface area contributed by atoms with E-state index in [9.17, 15) is 14.7 Å². The second-order valence-electron chi connectivity index (χ2n) is 7.12. The molecular weight excluding hydrogens is 446 g/mol. The van der Waals surface area contributed by atoms with E-state index in [4.69, 9.17) is 14.2 Å². The molecule has 0 radical (unpaired) electrons. The first kappa shape index (κ1) is 22.3. The number of hydrogen-bond donors (Lipinski definition) is 1. The number of carbonyl (C=O) groups excluding carboxylic acids is 2. The maximum absolute atomic E-state index is 13.2. The van der Waals surface area contributed by atoms with Gasteiger partial charge in [-0.2, -0.15) is 0 Å². The quantitative estimate of drug-likeness (QED) is 0.333. The zero-order chi connectivity index (χ0) is 23.7. The van der Waals surface area contributed by atoms with Crippen LogP contribution in [0.5, 0.6) is 17.2 Å². The van der Waals surface area contributed by atoms with Crippen LogP contribution in [-0.4, -0.2) is 48.3 Å². The molecule has 9 nitrogen and oxygen atoms in total. The molecule has 1 aliphatic heterocycles. The Hall–Kier alpha value is -3.92. The second-order valence-corrected chi connectivity index (χ2v) is 8.28. The topological polar surface area (TPSA) is 111 Å². The number of aliphatic hydroxyl groups is 1. The van der Waals surface area contributed by atoms with Gasteiger partial charge in [0.2, 0.25) is 5.13 Å². The van der Waals surface area contributed by atoms with Crippen LogP contribution < -0.4 is 19.1 Å². The summed E-state index contributed by atoms with van der Waals surface area (Å²) < 4.78 is 15.9. The molecule has 1 amide bonds. The zero-order valence-corrected chi connectivity index (χ0v) is 19.2. The van der Waals surface area contributed by atoms with E-state index in [1.54, 1.807) is 49.4 Å². The van der Waals surface area contributed by atoms with Gasteiger partial charge < -0.3 is 19.3 Å². The molecule has 0 unspecified atom stereocenters. The largest absolute Gasteiger partial charge is 0.507 e. The standard InChI is InChI=1S/C23H21N3O6S/c1-12-24-25-23(33-12)26-19(14-7-10-16(31-3)17(11-14)32-4)18(21(28)22(26)29)20(27)13-5-8-15(30-2)9-6-13/h5-11,19,27H,1-4H3/t19-/m0/s1. The number of amides is 1. The Morgan fingerprint density at radius 2 is 1.67 bits per heavy atom. The monoisotopic (exact) mass is 467 g/mol. The minimum absolute atomic E-state index is 0.0646. The van der Waals surface area contributed by atoms with Gasteiger partial charge in [-0.15, -0.1) is 10.2 Å². The average molecular weight is 468 g/mol. The number of Topliss-reactive ketones (excluding diaryl/α,β-unsaturated/α-hetero) is 1. The van der Waals surface area contributed by atoms with Crippen molar-refractivity contribution in [2.24, 2.45) is 0 Å². The van der Waals surface area contributed by atoms with E-state index in [1.807, 2.05) is 0 Å². The van der Waals surface area contributed by atoms with Gasteiger partial charge in [-0.25, -0.2) is 0 Å². The fourth-order valence-electron chi connectivity index (χ4n) is 3.66. The molecule has 1 saturated heterocycles. The lowest BCUT2D eigenvalue weighted by molar-refractivity contribution is -0.132. The smallest absolute Gasteiger partial charge is 0.301 e. The Bertz CT molecular complexity index is 1250. The molecule has 1 atom stereocenters. The molecule has 170 valence electrons. The molecule has 4 rings (SSSR count). The second kappa shape index (κ2) is 8.91. The fourth-order valence-corrected chi connectivity index (χ4v) is 4.37. The number of anilines is 1. The SMILES string of the molecule is COc1ccc(C(O)=C2C(=O)C(=O)N(c3nnc(C)s3)[C@H]2c2ccc(OC)c(OC)c2)cc1. The summed E-state index contributed by atoms with van der Waals surface area (Å²) in [5, 5.41) is 20.1. The van der Waals surface area contributed by atoms with Crippen molar-refractivity contribution in [2.45, 2.75) is 13.0 Å². The zero-order valence-electron chi connectivity index (χ0n) is 18.4. The van der Waals surface area contributed by atoms with Crippen molar-refractivity contribution in [2.75, 3.05) is 26.2 Å². The highest BCUT2D eigenvalue weighted by Gasteiger charge is 2.48. The maximum atomic E-state index is 13.2. The molecule has 0 aliphatic carbocycles. The number of nitrogens with zero attached hydrogens (tertiary/aromatic N) is 3. The first-order chi connectivity index (χ1) is 15.9. The van der Waals surface area contributed by atoms with E-state index >= 15 is 0 Å². The van der Waals surface area contributed by atoms with Crippen LogP contribution >= 0.6 is 11.3 Å². The number of aromatic nitrogens is 2. The molecule has 1 aromatic heterocycles. The Labute approximate surface area is 193 Å². The maximum Gasteiger partial charge on any atom is 0.301 e. The fraction of sp³-hybridized carbons (Fsp3) is 0.217. The number of ketones is 1. The number of rotatable bonds is 6. The average Bonchev–Trinajstić information content (AvgIpc) is 3.38. The molecular formula is C23H21N3O6S. The highest BCUT2D eigenvalue weighted by molar-refractivity contribution is 7.15. The van der Waals surface area contributed by atoms with E-state index in [1.165, 1.54) is 37.6 Å². The van der Waals surface area contributed by atoms with Gasteiger partial charge in [0.1, 0.15) is 16.5 Å². The third-order valence-corrected chi connectivity index (χ3v) is 6.09. The summed E-state index contributed by atoms with van der Waals surface area (Å²) in [4.78, 5) is 27.5. The predicted octanol–water partition coefficient (Wildman–Crippen LogP) is 3.50. The highest BCUT2D eigenvalue weighted by atomic mass is 32.1. The third-order valence-electron chi connectivity index (χ3n) is 5.25. The van der Waals surface area contributed by atoms with Crippen molar-refractivity contribution >= 4 is 33.9 Å². The van der Waals surface area contributed by atoms with Crippen LogP contribution in [-0.2, 0) is 9.59 Å². The van der Waals surface area contributed by atoms with E-state index in [0.717, 1.165) is 0 Å². The summed E-state index contributed by atoms with van der Waals surface area (Å²) in [5.74, 6) is -0.442. The van der Waals surface area contributed by atoms with Crippen LogP contribution in [0.1, 0.15) is 22.2 Å². The number of carbonyl (C=O) groups is 2. The number of ether oxygens (including phenoxy) is 3. The number of hydrogen-bond acceptors (Lipinski definition) is 9. The van der Waals surface area contributed by atoms with Crippen molar-refractivity contribution < 1.29 is 28.9 Å². The molecule has 0 spiro atoms. The van der Waals surface area contributed by atoms with Gasteiger partial charge in [0.15, 0.2) is 11.5 Å². The normalized spacial score (nSPS) is 17.3. The van der Waals surface area contributed by atoms with Crippen LogP contribution in [0.15, 0.2) is 48.0 Å². The number of methoxy groups -OCH3 is 3. The first-order valence-electron chi connectivity index (χ1n) is 9.87. The summed E-state index contributed by atoms with van der Waals surface area (Å²) in [6.45, 7) is 1.75. The summed E-state index contributed by atoms with van der Waals surface area (Å²) >= 11 is 1.18. The number of benzene rings is 2. The molecule has 1 aliphatic rings. The van der Waals surface area contributed by atoms with Gasteiger partial charge in [0.05, 0.1) is 32.9 Å². The summed E-state index contributed by atoms with van der Waals surface area (Å²) in [6, 6.07) is 10.6. The molecule has 0 bridgehead atoms. The van der Waals surface area contributed by atoms with Crippen molar-refractivity contribution in [1.29, 1.82) is 0 Å². The summed E-state index contributed by atoms with van der Waals surface area (Å²) in [6.07, 6.45) is 0. The van der Waals surface area contributed by atoms with Gasteiger partial charge >= 0.3 is 5.91 Å². The van der Waals surface area contributed by atoms with Crippen LogP contribution in [0.25, 0.3) is 5.76 Å². The van der Waals surface area contributed by atoms with E-state index in [2.05, 4.69) is 10.2 Å². The highest BCUT2D eigenvalue weighted by Crippen LogP contribution is 2.44. The minimum Gasteiger partial charge on any atom is -0.507 e. The van der Waals surface area contributed by atoms with Gasteiger partial charge in [0, 0.05) is 5.56 Å². The van der Waals surface area contributed by atoms with E-state index in [0.29, 0.717) is 33.4 Å². The minimum atomic E-state index is -0.945. The van der Waals surface area contributed by atoms with Crippen LogP contribution in [0.2, 0.25) is 0 Å². The lowest BCUT2D eigenvalue weighted by Crippen LogP contribution is -2.29. The van der Waals surface area contributed by atoms with Gasteiger partial charge in [-0.3, -0.25) is 14.5 Å². The summed E-state index contributed by atoms with van der Waals surface area (Å²) in [7, 11) is 4.53. The number of aryl methyl sites for hydroxylation is 1. The van der Waals surface area contributed by atoms with Crippen LogP contribution in [0, 0.1) is 6.92 Å². The first-order valence-corrected chi connectivity index (χ1v) is 10.7. The molecule has 0 saturated carbocycles. The van der Waals surface area contributed by atoms with Crippen molar-refractivity contribution in [3.63, 3.8) is 0 Å². The molecule has 1 N–H and O–H groups in total. The molecule has 2 aromatic carbocycles. The van der Waals surface area contributed by atoms with Crippen molar-refractivity contribution in [3.8, 4) is 17.2 Å². The van der Waals surface area contributed by atoms with Crippen LogP contribution in [0.4, 0.5) is 5.13 Å². The van der Waals surface area contributed by atoms with E-state index < -0.39 is 17.7 Å². The molecule has 10 heteroatoms. The molecule has 1 fully saturated rings. The van der Waals surface area contributed by atoms with Crippen molar-refractivity contribution in [1.82, 2.24) is 10.2 Å². The Balaban J connectivity index is 1.93. The molecule has 2 heterocycles. The van der Waals surface area contributed by atoms with Gasteiger partial charge in [-0.05, 0) is 48.9 Å². The lowest BCUT2D eigenvalue weighted by Gasteiger charge is -2.23.